The highest BCUT2D eigenvalue weighted by Crippen LogP contribution is 2.28. The second kappa shape index (κ2) is 7.67. The summed E-state index contributed by atoms with van der Waals surface area (Å²) in [5.74, 6) is 1.18. The molecule has 0 aromatic carbocycles. The fourth-order valence-corrected chi connectivity index (χ4v) is 3.20. The van der Waals surface area contributed by atoms with E-state index in [-0.39, 0.29) is 11.4 Å². The fourth-order valence-electron chi connectivity index (χ4n) is 1.83. The average molecular weight is 271 g/mol. The van der Waals surface area contributed by atoms with Crippen LogP contribution in [-0.4, -0.2) is 35.5 Å². The van der Waals surface area contributed by atoms with Gasteiger partial charge < -0.3 is 10.6 Å². The van der Waals surface area contributed by atoms with Gasteiger partial charge in [0.25, 0.3) is 0 Å². The van der Waals surface area contributed by atoms with Crippen molar-refractivity contribution < 1.29 is 4.79 Å². The van der Waals surface area contributed by atoms with Crippen LogP contribution in [0.25, 0.3) is 0 Å². The van der Waals surface area contributed by atoms with Crippen LogP contribution in [0, 0.1) is 0 Å². The van der Waals surface area contributed by atoms with Crippen LogP contribution >= 0.6 is 11.8 Å². The first-order valence-corrected chi connectivity index (χ1v) is 7.86. The van der Waals surface area contributed by atoms with Crippen molar-refractivity contribution >= 4 is 22.8 Å². The molecule has 0 radical (unpaired) electrons. The van der Waals surface area contributed by atoms with Crippen LogP contribution in [0.4, 0.5) is 0 Å². The number of amides is 1. The number of nitrogens with zero attached hydrogens (tertiary/aromatic N) is 1. The molecule has 1 aliphatic rings. The van der Waals surface area contributed by atoms with E-state index in [0.29, 0.717) is 13.0 Å². The van der Waals surface area contributed by atoms with Crippen LogP contribution in [0.3, 0.4) is 0 Å². The third-order valence-corrected chi connectivity index (χ3v) is 4.58. The molecule has 104 valence electrons. The number of thioether (sulfide) groups is 1. The Labute approximate surface area is 114 Å². The van der Waals surface area contributed by atoms with Gasteiger partial charge in [0.1, 0.15) is 0 Å². The van der Waals surface area contributed by atoms with Crippen molar-refractivity contribution in [2.24, 2.45) is 4.99 Å². The number of hydrogen-bond donors (Lipinski definition) is 2. The van der Waals surface area contributed by atoms with Crippen molar-refractivity contribution in [3.05, 3.63) is 0 Å². The number of aliphatic imine (C=N–C) groups is 1. The van der Waals surface area contributed by atoms with Gasteiger partial charge in [-0.2, -0.15) is 0 Å². The van der Waals surface area contributed by atoms with Gasteiger partial charge in [-0.05, 0) is 19.3 Å². The van der Waals surface area contributed by atoms with Crippen LogP contribution in [0.1, 0.15) is 46.5 Å². The summed E-state index contributed by atoms with van der Waals surface area (Å²) in [5, 5.41) is 7.36. The van der Waals surface area contributed by atoms with Crippen molar-refractivity contribution in [1.82, 2.24) is 10.6 Å². The van der Waals surface area contributed by atoms with Crippen molar-refractivity contribution in [3.8, 4) is 0 Å². The summed E-state index contributed by atoms with van der Waals surface area (Å²) in [6.45, 7) is 7.80. The molecule has 1 amide bonds. The maximum atomic E-state index is 11.4. The minimum absolute atomic E-state index is 0.0986. The van der Waals surface area contributed by atoms with E-state index in [4.69, 9.17) is 0 Å². The molecular weight excluding hydrogens is 246 g/mol. The summed E-state index contributed by atoms with van der Waals surface area (Å²) in [6, 6.07) is 0. The molecule has 1 rings (SSSR count). The van der Waals surface area contributed by atoms with E-state index in [9.17, 15) is 4.79 Å². The van der Waals surface area contributed by atoms with Crippen LogP contribution in [-0.2, 0) is 4.79 Å². The van der Waals surface area contributed by atoms with Crippen molar-refractivity contribution in [3.63, 3.8) is 0 Å². The summed E-state index contributed by atoms with van der Waals surface area (Å²) >= 11 is 1.78. The van der Waals surface area contributed by atoms with Gasteiger partial charge in [0, 0.05) is 24.3 Å². The third kappa shape index (κ3) is 4.52. The van der Waals surface area contributed by atoms with Crippen LogP contribution < -0.4 is 10.6 Å². The lowest BCUT2D eigenvalue weighted by atomic mass is 9.96. The molecule has 1 aliphatic heterocycles. The molecule has 0 atom stereocenters. The lowest BCUT2D eigenvalue weighted by molar-refractivity contribution is -0.120. The zero-order valence-corrected chi connectivity index (χ0v) is 12.5. The Morgan fingerprint density at radius 1 is 1.44 bits per heavy atom. The second-order valence-corrected chi connectivity index (χ2v) is 5.65. The largest absolute Gasteiger partial charge is 0.359 e. The summed E-state index contributed by atoms with van der Waals surface area (Å²) in [7, 11) is 0. The molecule has 0 unspecified atom stereocenters. The number of carbonyl (C=O) groups is 1. The van der Waals surface area contributed by atoms with Crippen molar-refractivity contribution in [2.45, 2.75) is 52.0 Å². The predicted molar refractivity (Wildman–Crippen MR) is 79.1 cm³/mol. The Morgan fingerprint density at radius 2 is 2.17 bits per heavy atom. The SMILES string of the molecule is CCCNC(=O)CCN=C1NC(CC)(CC)CS1. The average Bonchev–Trinajstić information content (AvgIpc) is 2.81. The summed E-state index contributed by atoms with van der Waals surface area (Å²) in [6.07, 6.45) is 3.70. The molecule has 0 bridgehead atoms. The first-order valence-electron chi connectivity index (χ1n) is 6.88. The van der Waals surface area contributed by atoms with Gasteiger partial charge in [-0.15, -0.1) is 0 Å². The van der Waals surface area contributed by atoms with Gasteiger partial charge in [-0.1, -0.05) is 32.5 Å². The molecule has 2 N–H and O–H groups in total. The minimum Gasteiger partial charge on any atom is -0.359 e. The number of amidine groups is 1. The van der Waals surface area contributed by atoms with E-state index >= 15 is 0 Å². The molecule has 5 heteroatoms. The van der Waals surface area contributed by atoms with Gasteiger partial charge in [0.2, 0.25) is 5.91 Å². The molecule has 1 fully saturated rings. The summed E-state index contributed by atoms with van der Waals surface area (Å²) < 4.78 is 0. The molecular formula is C13H25N3OS. The zero-order valence-electron chi connectivity index (χ0n) is 11.7. The zero-order chi connectivity index (χ0) is 13.4. The van der Waals surface area contributed by atoms with Gasteiger partial charge in [0.05, 0.1) is 6.54 Å². The maximum Gasteiger partial charge on any atom is 0.221 e. The Hall–Kier alpha value is -0.710. The molecule has 0 aromatic rings. The molecule has 18 heavy (non-hydrogen) atoms. The number of nitrogens with one attached hydrogen (secondary N) is 2. The third-order valence-electron chi connectivity index (χ3n) is 3.38. The molecule has 1 heterocycles. The standard InChI is InChI=1S/C13H25N3OS/c1-4-8-14-11(17)7-9-15-12-16-13(5-2,6-3)10-18-12/h4-10H2,1-3H3,(H,14,17)(H,15,16). The molecule has 1 saturated heterocycles. The Bertz CT molecular complexity index is 301. The van der Waals surface area contributed by atoms with E-state index in [2.05, 4.69) is 36.4 Å². The van der Waals surface area contributed by atoms with Crippen molar-refractivity contribution in [2.75, 3.05) is 18.8 Å². The predicted octanol–water partition coefficient (Wildman–Crippen LogP) is 2.15. The normalized spacial score (nSPS) is 19.8. The first-order chi connectivity index (χ1) is 8.65. The highest BCUT2D eigenvalue weighted by Gasteiger charge is 2.33. The van der Waals surface area contributed by atoms with Crippen molar-refractivity contribution in [1.29, 1.82) is 0 Å². The van der Waals surface area contributed by atoms with E-state index in [1.807, 2.05) is 0 Å². The number of hydrogen-bond acceptors (Lipinski definition) is 3. The molecule has 4 nitrogen and oxygen atoms in total. The first kappa shape index (κ1) is 15.3. The molecule has 0 spiro atoms. The van der Waals surface area contributed by atoms with Gasteiger partial charge >= 0.3 is 0 Å². The Morgan fingerprint density at radius 3 is 2.72 bits per heavy atom. The Kier molecular flexibility index (Phi) is 6.54. The topological polar surface area (TPSA) is 53.5 Å². The van der Waals surface area contributed by atoms with Crippen LogP contribution in [0.15, 0.2) is 4.99 Å². The smallest absolute Gasteiger partial charge is 0.221 e. The van der Waals surface area contributed by atoms with E-state index in [1.54, 1.807) is 11.8 Å². The molecule has 0 aromatic heterocycles. The van der Waals surface area contributed by atoms with Gasteiger partial charge in [0.15, 0.2) is 5.17 Å². The van der Waals surface area contributed by atoms with E-state index in [1.165, 1.54) is 0 Å². The number of rotatable bonds is 7. The monoisotopic (exact) mass is 271 g/mol. The lowest BCUT2D eigenvalue weighted by Gasteiger charge is -2.25. The quantitative estimate of drug-likeness (QED) is 0.746. The minimum atomic E-state index is 0.0986. The van der Waals surface area contributed by atoms with E-state index in [0.717, 1.165) is 36.7 Å². The molecule has 0 saturated carbocycles. The molecule has 0 aliphatic carbocycles. The Balaban J connectivity index is 2.30. The lowest BCUT2D eigenvalue weighted by Crippen LogP contribution is -2.42. The van der Waals surface area contributed by atoms with E-state index < -0.39 is 0 Å². The highest BCUT2D eigenvalue weighted by molar-refractivity contribution is 8.14. The van der Waals surface area contributed by atoms with Gasteiger partial charge in [-0.25, -0.2) is 0 Å². The summed E-state index contributed by atoms with van der Waals surface area (Å²) in [5.41, 5.74) is 0.216. The second-order valence-electron chi connectivity index (χ2n) is 4.69. The fraction of sp³-hybridized carbons (Fsp3) is 0.846. The maximum absolute atomic E-state index is 11.4. The number of carbonyl (C=O) groups excluding carboxylic acids is 1. The summed E-state index contributed by atoms with van der Waals surface area (Å²) in [4.78, 5) is 15.9. The van der Waals surface area contributed by atoms with Gasteiger partial charge in [-0.3, -0.25) is 9.79 Å². The van der Waals surface area contributed by atoms with Crippen LogP contribution in [0.5, 0.6) is 0 Å². The highest BCUT2D eigenvalue weighted by atomic mass is 32.2. The van der Waals surface area contributed by atoms with Crippen LogP contribution in [0.2, 0.25) is 0 Å².